The molecule has 1 N–H and O–H groups in total. The number of likely N-dealkylation sites (N-methyl/N-ethyl adjacent to an activating group) is 1. The molecule has 33 heavy (non-hydrogen) atoms. The number of rotatable bonds is 8. The van der Waals surface area contributed by atoms with Gasteiger partial charge in [-0.1, -0.05) is 17.7 Å². The Bertz CT molecular complexity index is 1100. The van der Waals surface area contributed by atoms with Crippen LogP contribution < -0.4 is 10.1 Å². The molecule has 1 aromatic heterocycles. The Morgan fingerprint density at radius 1 is 1.06 bits per heavy atom. The smallest absolute Gasteiger partial charge is 0.421 e. The number of nitrogens with zero attached hydrogens (tertiary/aromatic N) is 3. The molecule has 0 saturated heterocycles. The average Bonchev–Trinajstić information content (AvgIpc) is 3.22. The van der Waals surface area contributed by atoms with Gasteiger partial charge < -0.3 is 19.4 Å². The van der Waals surface area contributed by atoms with Crippen LogP contribution in [0, 0.1) is 6.92 Å². The lowest BCUT2D eigenvalue weighted by Crippen LogP contribution is -2.35. The second-order valence-electron chi connectivity index (χ2n) is 7.24. The summed E-state index contributed by atoms with van der Waals surface area (Å²) in [5.74, 6) is -0.557. The molecule has 8 nitrogen and oxygen atoms in total. The van der Waals surface area contributed by atoms with E-state index in [4.69, 9.17) is 4.42 Å². The molecule has 2 amide bonds. The molecule has 0 bridgehead atoms. The van der Waals surface area contributed by atoms with Crippen molar-refractivity contribution in [1.82, 2.24) is 15.1 Å². The number of carbonyl (C=O) groups is 2. The Labute approximate surface area is 187 Å². The van der Waals surface area contributed by atoms with Gasteiger partial charge in [-0.15, -0.1) is 23.4 Å². The molecule has 3 rings (SSSR count). The minimum atomic E-state index is -4.79. The summed E-state index contributed by atoms with van der Waals surface area (Å²) in [5.41, 5.74) is 2.14. The Kier molecular flexibility index (Phi) is 7.31. The SMILES string of the molecule is Cc1ccc(-c2nnc(CCC(=O)N(C)CC(=O)Nc3ccc(OC(F)(F)F)cc3)o2)cc1. The zero-order valence-corrected chi connectivity index (χ0v) is 17.8. The summed E-state index contributed by atoms with van der Waals surface area (Å²) in [6.07, 6.45) is -4.52. The monoisotopic (exact) mass is 462 g/mol. The normalized spacial score (nSPS) is 11.2. The van der Waals surface area contributed by atoms with Crippen LogP contribution in [0.1, 0.15) is 17.9 Å². The third-order valence-corrected chi connectivity index (χ3v) is 4.50. The molecule has 0 saturated carbocycles. The number of halogens is 3. The number of carbonyl (C=O) groups excluding carboxylic acids is 2. The number of amides is 2. The Hall–Kier alpha value is -3.89. The quantitative estimate of drug-likeness (QED) is 0.544. The highest BCUT2D eigenvalue weighted by Crippen LogP contribution is 2.24. The van der Waals surface area contributed by atoms with E-state index >= 15 is 0 Å². The second kappa shape index (κ2) is 10.2. The van der Waals surface area contributed by atoms with Gasteiger partial charge in [0, 0.05) is 31.1 Å². The summed E-state index contributed by atoms with van der Waals surface area (Å²) >= 11 is 0. The first-order chi connectivity index (χ1) is 15.6. The maximum atomic E-state index is 12.3. The van der Waals surface area contributed by atoms with Crippen LogP contribution in [0.4, 0.5) is 18.9 Å². The molecule has 2 aromatic carbocycles. The summed E-state index contributed by atoms with van der Waals surface area (Å²) in [7, 11) is 1.47. The van der Waals surface area contributed by atoms with Crippen molar-refractivity contribution in [2.45, 2.75) is 26.1 Å². The first-order valence-corrected chi connectivity index (χ1v) is 9.88. The van der Waals surface area contributed by atoms with Gasteiger partial charge in [0.05, 0.1) is 6.54 Å². The van der Waals surface area contributed by atoms with Crippen molar-refractivity contribution in [3.63, 3.8) is 0 Å². The van der Waals surface area contributed by atoms with Gasteiger partial charge in [0.25, 0.3) is 0 Å². The van der Waals surface area contributed by atoms with Crippen LogP contribution in [-0.4, -0.2) is 46.9 Å². The van der Waals surface area contributed by atoms with Gasteiger partial charge in [0.1, 0.15) is 5.75 Å². The molecule has 3 aromatic rings. The third kappa shape index (κ3) is 7.34. The topological polar surface area (TPSA) is 97.6 Å². The minimum absolute atomic E-state index is 0.0583. The summed E-state index contributed by atoms with van der Waals surface area (Å²) in [6.45, 7) is 1.73. The molecule has 0 unspecified atom stereocenters. The third-order valence-electron chi connectivity index (χ3n) is 4.50. The molecule has 0 aliphatic heterocycles. The first-order valence-electron chi connectivity index (χ1n) is 9.88. The van der Waals surface area contributed by atoms with Gasteiger partial charge in [-0.05, 0) is 43.3 Å². The Morgan fingerprint density at radius 3 is 2.36 bits per heavy atom. The largest absolute Gasteiger partial charge is 0.573 e. The Morgan fingerprint density at radius 2 is 1.73 bits per heavy atom. The number of alkyl halides is 3. The number of aryl methyl sites for hydroxylation is 2. The summed E-state index contributed by atoms with van der Waals surface area (Å²) in [4.78, 5) is 25.7. The highest BCUT2D eigenvalue weighted by Gasteiger charge is 2.31. The summed E-state index contributed by atoms with van der Waals surface area (Å²) < 4.78 is 45.9. The van der Waals surface area contributed by atoms with E-state index in [2.05, 4.69) is 20.3 Å². The van der Waals surface area contributed by atoms with Crippen molar-refractivity contribution in [3.05, 3.63) is 60.0 Å². The molecule has 0 aliphatic carbocycles. The van der Waals surface area contributed by atoms with Crippen molar-refractivity contribution >= 4 is 17.5 Å². The van der Waals surface area contributed by atoms with E-state index in [9.17, 15) is 22.8 Å². The van der Waals surface area contributed by atoms with Gasteiger partial charge in [-0.25, -0.2) is 0 Å². The number of hydrogen-bond donors (Lipinski definition) is 1. The minimum Gasteiger partial charge on any atom is -0.421 e. The average molecular weight is 462 g/mol. The van der Waals surface area contributed by atoms with E-state index in [0.29, 0.717) is 11.8 Å². The highest BCUT2D eigenvalue weighted by atomic mass is 19.4. The fourth-order valence-electron chi connectivity index (χ4n) is 2.82. The van der Waals surface area contributed by atoms with Gasteiger partial charge in [-0.3, -0.25) is 9.59 Å². The lowest BCUT2D eigenvalue weighted by Gasteiger charge is -2.16. The van der Waals surface area contributed by atoms with E-state index in [1.54, 1.807) is 0 Å². The zero-order chi connectivity index (χ0) is 24.0. The summed E-state index contributed by atoms with van der Waals surface area (Å²) in [6, 6.07) is 12.3. The fourth-order valence-corrected chi connectivity index (χ4v) is 2.82. The number of benzene rings is 2. The fraction of sp³-hybridized carbons (Fsp3) is 0.273. The van der Waals surface area contributed by atoms with Crippen molar-refractivity contribution < 1.29 is 31.9 Å². The molecule has 0 radical (unpaired) electrons. The van der Waals surface area contributed by atoms with Crippen LogP contribution in [0.3, 0.4) is 0 Å². The van der Waals surface area contributed by atoms with Crippen LogP contribution in [-0.2, 0) is 16.0 Å². The molecule has 0 fully saturated rings. The van der Waals surface area contributed by atoms with Crippen LogP contribution in [0.25, 0.3) is 11.5 Å². The van der Waals surface area contributed by atoms with Gasteiger partial charge in [-0.2, -0.15) is 0 Å². The van der Waals surface area contributed by atoms with Crippen LogP contribution in [0.15, 0.2) is 52.9 Å². The van der Waals surface area contributed by atoms with Crippen molar-refractivity contribution in [3.8, 4) is 17.2 Å². The number of nitrogens with one attached hydrogen (secondary N) is 1. The molecule has 11 heteroatoms. The highest BCUT2D eigenvalue weighted by molar-refractivity contribution is 5.94. The predicted octanol–water partition coefficient (Wildman–Crippen LogP) is 3.97. The van der Waals surface area contributed by atoms with Gasteiger partial charge >= 0.3 is 6.36 Å². The van der Waals surface area contributed by atoms with Gasteiger partial charge in [0.15, 0.2) is 0 Å². The van der Waals surface area contributed by atoms with Gasteiger partial charge in [0.2, 0.25) is 23.6 Å². The van der Waals surface area contributed by atoms with Crippen LogP contribution >= 0.6 is 0 Å². The summed E-state index contributed by atoms with van der Waals surface area (Å²) in [5, 5.41) is 10.4. The predicted molar refractivity (Wildman–Crippen MR) is 112 cm³/mol. The molecule has 0 aliphatic rings. The molecule has 0 atom stereocenters. The second-order valence-corrected chi connectivity index (χ2v) is 7.24. The van der Waals surface area contributed by atoms with Crippen LogP contribution in [0.5, 0.6) is 5.75 Å². The standard InChI is InChI=1S/C22H21F3N4O4/c1-14-3-5-15(6-4-14)21-28-27-19(32-21)11-12-20(31)29(2)13-18(30)26-16-7-9-17(10-8-16)33-22(23,24)25/h3-10H,11-13H2,1-2H3,(H,26,30). The first kappa shape index (κ1) is 23.8. The van der Waals surface area contributed by atoms with Crippen molar-refractivity contribution in [2.24, 2.45) is 0 Å². The lowest BCUT2D eigenvalue weighted by atomic mass is 10.1. The number of hydrogen-bond acceptors (Lipinski definition) is 6. The van der Waals surface area contributed by atoms with Crippen molar-refractivity contribution in [2.75, 3.05) is 18.9 Å². The Balaban J connectivity index is 1.45. The molecular weight excluding hydrogens is 441 g/mol. The van der Waals surface area contributed by atoms with E-state index in [-0.39, 0.29) is 31.0 Å². The zero-order valence-electron chi connectivity index (χ0n) is 17.8. The van der Waals surface area contributed by atoms with Crippen LogP contribution in [0.2, 0.25) is 0 Å². The molecule has 0 spiro atoms. The number of ether oxygens (including phenoxy) is 1. The van der Waals surface area contributed by atoms with E-state index in [0.717, 1.165) is 23.3 Å². The van der Waals surface area contributed by atoms with E-state index in [1.807, 2.05) is 31.2 Å². The molecule has 1 heterocycles. The number of aromatic nitrogens is 2. The molecule has 174 valence electrons. The maximum absolute atomic E-state index is 12.3. The van der Waals surface area contributed by atoms with E-state index in [1.165, 1.54) is 24.1 Å². The lowest BCUT2D eigenvalue weighted by molar-refractivity contribution is -0.274. The van der Waals surface area contributed by atoms with E-state index < -0.39 is 18.0 Å². The maximum Gasteiger partial charge on any atom is 0.573 e. The van der Waals surface area contributed by atoms with Crippen molar-refractivity contribution in [1.29, 1.82) is 0 Å². The number of anilines is 1. The molecular formula is C22H21F3N4O4.